The Balaban J connectivity index is 2.36. The zero-order valence-corrected chi connectivity index (χ0v) is 13.7. The van der Waals surface area contributed by atoms with Crippen molar-refractivity contribution in [3.8, 4) is 0 Å². The SMILES string of the molecule is CC(C)c1nc(CC(N)CNC(=O)OC(C)(C)C)cs1. The third-order valence-corrected chi connectivity index (χ3v) is 3.64. The molecular weight excluding hydrogens is 274 g/mol. The van der Waals surface area contributed by atoms with E-state index in [1.807, 2.05) is 26.2 Å². The molecule has 0 aromatic carbocycles. The number of rotatable bonds is 5. The number of hydrogen-bond acceptors (Lipinski definition) is 5. The van der Waals surface area contributed by atoms with E-state index in [0.29, 0.717) is 18.9 Å². The Hall–Kier alpha value is -1.14. The number of hydrogen-bond donors (Lipinski definition) is 2. The van der Waals surface area contributed by atoms with Gasteiger partial charge < -0.3 is 15.8 Å². The van der Waals surface area contributed by atoms with Crippen LogP contribution in [0.2, 0.25) is 0 Å². The summed E-state index contributed by atoms with van der Waals surface area (Å²) in [6.07, 6.45) is 0.216. The molecule has 0 radical (unpaired) electrons. The molecule has 0 saturated carbocycles. The van der Waals surface area contributed by atoms with E-state index in [-0.39, 0.29) is 6.04 Å². The van der Waals surface area contributed by atoms with Crippen molar-refractivity contribution in [3.63, 3.8) is 0 Å². The van der Waals surface area contributed by atoms with Crippen LogP contribution in [0.15, 0.2) is 5.38 Å². The lowest BCUT2D eigenvalue weighted by molar-refractivity contribution is 0.0524. The lowest BCUT2D eigenvalue weighted by atomic mass is 10.2. The smallest absolute Gasteiger partial charge is 0.407 e. The molecule has 0 aliphatic carbocycles. The molecular formula is C14H25N3O2S. The molecule has 0 aliphatic heterocycles. The molecule has 1 atom stereocenters. The summed E-state index contributed by atoms with van der Waals surface area (Å²) in [5.41, 5.74) is 6.49. The van der Waals surface area contributed by atoms with Gasteiger partial charge in [0.1, 0.15) is 5.60 Å². The van der Waals surface area contributed by atoms with Crippen LogP contribution in [0.5, 0.6) is 0 Å². The molecule has 3 N–H and O–H groups in total. The van der Waals surface area contributed by atoms with Gasteiger partial charge >= 0.3 is 6.09 Å². The van der Waals surface area contributed by atoms with Crippen molar-refractivity contribution < 1.29 is 9.53 Å². The molecule has 0 spiro atoms. The van der Waals surface area contributed by atoms with E-state index in [0.717, 1.165) is 10.7 Å². The van der Waals surface area contributed by atoms with Gasteiger partial charge in [0, 0.05) is 30.3 Å². The van der Waals surface area contributed by atoms with Crippen molar-refractivity contribution in [1.82, 2.24) is 10.3 Å². The number of alkyl carbamates (subject to hydrolysis) is 1. The molecule has 0 bridgehead atoms. The van der Waals surface area contributed by atoms with E-state index in [2.05, 4.69) is 24.1 Å². The lowest BCUT2D eigenvalue weighted by Gasteiger charge is -2.20. The molecule has 1 unspecified atom stereocenters. The van der Waals surface area contributed by atoms with Crippen molar-refractivity contribution >= 4 is 17.4 Å². The van der Waals surface area contributed by atoms with Crippen LogP contribution in [0.1, 0.15) is 51.2 Å². The molecule has 20 heavy (non-hydrogen) atoms. The molecule has 114 valence electrons. The van der Waals surface area contributed by atoms with Gasteiger partial charge in [0.05, 0.1) is 10.7 Å². The van der Waals surface area contributed by atoms with Crippen LogP contribution in [0.25, 0.3) is 0 Å². The summed E-state index contributed by atoms with van der Waals surface area (Å²) in [4.78, 5) is 16.0. The van der Waals surface area contributed by atoms with Crippen LogP contribution in [0.4, 0.5) is 4.79 Å². The minimum atomic E-state index is -0.491. The van der Waals surface area contributed by atoms with Gasteiger partial charge in [-0.05, 0) is 20.8 Å². The fourth-order valence-corrected chi connectivity index (χ4v) is 2.40. The van der Waals surface area contributed by atoms with E-state index in [1.165, 1.54) is 0 Å². The third-order valence-electron chi connectivity index (χ3n) is 2.44. The Bertz CT molecular complexity index is 438. The predicted octanol–water partition coefficient (Wildman–Crippen LogP) is 2.66. The molecule has 1 aromatic heterocycles. The van der Waals surface area contributed by atoms with E-state index >= 15 is 0 Å². The van der Waals surface area contributed by atoms with Crippen molar-refractivity contribution in [3.05, 3.63) is 16.1 Å². The first-order chi connectivity index (χ1) is 9.17. The van der Waals surface area contributed by atoms with E-state index in [4.69, 9.17) is 10.5 Å². The number of nitrogens with two attached hydrogens (primary N) is 1. The van der Waals surface area contributed by atoms with Crippen LogP contribution in [0, 0.1) is 0 Å². The Morgan fingerprint density at radius 3 is 2.65 bits per heavy atom. The van der Waals surface area contributed by atoms with Crippen LogP contribution in [-0.2, 0) is 11.2 Å². The highest BCUT2D eigenvalue weighted by molar-refractivity contribution is 7.09. The zero-order valence-electron chi connectivity index (χ0n) is 12.9. The first-order valence-corrected chi connectivity index (χ1v) is 7.72. The summed E-state index contributed by atoms with van der Waals surface area (Å²) in [5, 5.41) is 5.83. The lowest BCUT2D eigenvalue weighted by Crippen LogP contribution is -2.41. The maximum atomic E-state index is 11.5. The topological polar surface area (TPSA) is 77.2 Å². The van der Waals surface area contributed by atoms with Crippen LogP contribution in [-0.4, -0.2) is 29.3 Å². The molecule has 1 aromatic rings. The summed E-state index contributed by atoms with van der Waals surface area (Å²) in [7, 11) is 0. The Kier molecular flexibility index (Phi) is 5.95. The number of aromatic nitrogens is 1. The number of carbonyl (C=O) groups is 1. The molecule has 5 nitrogen and oxygen atoms in total. The largest absolute Gasteiger partial charge is 0.444 e. The highest BCUT2D eigenvalue weighted by Crippen LogP contribution is 2.19. The van der Waals surface area contributed by atoms with Gasteiger partial charge in [0.15, 0.2) is 0 Å². The summed E-state index contributed by atoms with van der Waals surface area (Å²) in [6, 6.07) is -0.162. The average Bonchev–Trinajstić information content (AvgIpc) is 2.72. The van der Waals surface area contributed by atoms with Gasteiger partial charge in [0.2, 0.25) is 0 Å². The van der Waals surface area contributed by atoms with Gasteiger partial charge in [-0.25, -0.2) is 9.78 Å². The van der Waals surface area contributed by atoms with Crippen molar-refractivity contribution in [2.75, 3.05) is 6.54 Å². The highest BCUT2D eigenvalue weighted by atomic mass is 32.1. The van der Waals surface area contributed by atoms with Gasteiger partial charge in [-0.3, -0.25) is 0 Å². The number of amides is 1. The standard InChI is InChI=1S/C14H25N3O2S/c1-9(2)12-17-11(8-20-12)6-10(15)7-16-13(18)19-14(3,4)5/h8-10H,6-7,15H2,1-5H3,(H,16,18). The third kappa shape index (κ3) is 6.34. The number of nitrogens with zero attached hydrogens (tertiary/aromatic N) is 1. The second-order valence-corrected chi connectivity index (χ2v) is 7.07. The first kappa shape index (κ1) is 16.9. The molecule has 0 saturated heterocycles. The van der Waals surface area contributed by atoms with Crippen LogP contribution in [0.3, 0.4) is 0 Å². The average molecular weight is 299 g/mol. The normalized spacial score (nSPS) is 13.3. The minimum absolute atomic E-state index is 0.162. The van der Waals surface area contributed by atoms with E-state index < -0.39 is 11.7 Å². The minimum Gasteiger partial charge on any atom is -0.444 e. The van der Waals surface area contributed by atoms with E-state index in [1.54, 1.807) is 11.3 Å². The van der Waals surface area contributed by atoms with Gasteiger partial charge in [-0.15, -0.1) is 11.3 Å². The van der Waals surface area contributed by atoms with Crippen LogP contribution < -0.4 is 11.1 Å². The molecule has 0 aliphatic rings. The van der Waals surface area contributed by atoms with Crippen molar-refractivity contribution in [1.29, 1.82) is 0 Å². The maximum absolute atomic E-state index is 11.5. The van der Waals surface area contributed by atoms with Gasteiger partial charge in [0.25, 0.3) is 0 Å². The van der Waals surface area contributed by atoms with Gasteiger partial charge in [-0.1, -0.05) is 13.8 Å². The van der Waals surface area contributed by atoms with Crippen molar-refractivity contribution in [2.24, 2.45) is 5.73 Å². The van der Waals surface area contributed by atoms with Crippen LogP contribution >= 0.6 is 11.3 Å². The van der Waals surface area contributed by atoms with E-state index in [9.17, 15) is 4.79 Å². The Morgan fingerprint density at radius 1 is 1.50 bits per heavy atom. The molecule has 6 heteroatoms. The first-order valence-electron chi connectivity index (χ1n) is 6.84. The molecule has 1 rings (SSSR count). The number of nitrogens with one attached hydrogen (secondary N) is 1. The molecule has 1 amide bonds. The fourth-order valence-electron chi connectivity index (χ4n) is 1.55. The predicted molar refractivity (Wildman–Crippen MR) is 82.1 cm³/mol. The summed E-state index contributed by atoms with van der Waals surface area (Å²) in [6.45, 7) is 10.1. The fraction of sp³-hybridized carbons (Fsp3) is 0.714. The second-order valence-electron chi connectivity index (χ2n) is 6.18. The Labute approximate surface area is 124 Å². The van der Waals surface area contributed by atoms with Gasteiger partial charge in [-0.2, -0.15) is 0 Å². The summed E-state index contributed by atoms with van der Waals surface area (Å²) in [5.74, 6) is 0.435. The molecule has 1 heterocycles. The second kappa shape index (κ2) is 7.04. The monoisotopic (exact) mass is 299 g/mol. The number of carbonyl (C=O) groups excluding carboxylic acids is 1. The summed E-state index contributed by atoms with van der Waals surface area (Å²) < 4.78 is 5.15. The number of ether oxygens (including phenoxy) is 1. The zero-order chi connectivity index (χ0) is 15.3. The highest BCUT2D eigenvalue weighted by Gasteiger charge is 2.17. The Morgan fingerprint density at radius 2 is 2.15 bits per heavy atom. The maximum Gasteiger partial charge on any atom is 0.407 e. The molecule has 0 fully saturated rings. The quantitative estimate of drug-likeness (QED) is 0.876. The summed E-state index contributed by atoms with van der Waals surface area (Å²) >= 11 is 1.65. The number of thiazole rings is 1. The van der Waals surface area contributed by atoms with Crippen molar-refractivity contribution in [2.45, 2.75) is 58.6 Å².